The molecule has 7 nitrogen and oxygen atoms in total. The average molecular weight is 390 g/mol. The first-order valence-corrected chi connectivity index (χ1v) is 10.2. The SMILES string of the molecule is CCC(Sc1nnc(C)c(=O)[nH]1)C(=O)Nc1sc2c(c1C#N)CCCC2. The van der Waals surface area contributed by atoms with E-state index in [0.29, 0.717) is 22.1 Å². The van der Waals surface area contributed by atoms with Crippen LogP contribution in [-0.4, -0.2) is 26.3 Å². The lowest BCUT2D eigenvalue weighted by molar-refractivity contribution is -0.115. The molecule has 0 radical (unpaired) electrons. The molecule has 2 aromatic rings. The highest BCUT2D eigenvalue weighted by molar-refractivity contribution is 8.00. The van der Waals surface area contributed by atoms with Crippen LogP contribution >= 0.6 is 23.1 Å². The number of H-pyrrole nitrogens is 1. The second-order valence-electron chi connectivity index (χ2n) is 6.08. The van der Waals surface area contributed by atoms with Crippen LogP contribution in [0.3, 0.4) is 0 Å². The summed E-state index contributed by atoms with van der Waals surface area (Å²) in [5, 5.41) is 20.7. The Bertz CT molecular complexity index is 928. The molecule has 1 aliphatic carbocycles. The molecular weight excluding hydrogens is 370 g/mol. The van der Waals surface area contributed by atoms with E-state index >= 15 is 0 Å². The lowest BCUT2D eigenvalue weighted by Gasteiger charge is -2.13. The molecule has 9 heteroatoms. The number of hydrogen-bond donors (Lipinski definition) is 2. The van der Waals surface area contributed by atoms with Gasteiger partial charge in [0.05, 0.1) is 10.8 Å². The molecule has 2 aromatic heterocycles. The molecule has 26 heavy (non-hydrogen) atoms. The molecule has 3 rings (SSSR count). The van der Waals surface area contributed by atoms with Crippen LogP contribution in [0.5, 0.6) is 0 Å². The van der Waals surface area contributed by atoms with Gasteiger partial charge in [-0.1, -0.05) is 18.7 Å². The van der Waals surface area contributed by atoms with Crippen molar-refractivity contribution in [2.24, 2.45) is 0 Å². The maximum absolute atomic E-state index is 12.7. The molecule has 1 aliphatic rings. The summed E-state index contributed by atoms with van der Waals surface area (Å²) in [4.78, 5) is 28.2. The van der Waals surface area contributed by atoms with Crippen LogP contribution in [0.4, 0.5) is 5.00 Å². The van der Waals surface area contributed by atoms with E-state index in [1.54, 1.807) is 6.92 Å². The number of thioether (sulfide) groups is 1. The molecule has 2 heterocycles. The number of fused-ring (bicyclic) bond motifs is 1. The highest BCUT2D eigenvalue weighted by Gasteiger charge is 2.25. The van der Waals surface area contributed by atoms with E-state index in [-0.39, 0.29) is 17.2 Å². The number of carbonyl (C=O) groups is 1. The fraction of sp³-hybridized carbons (Fsp3) is 0.471. The van der Waals surface area contributed by atoms with Crippen LogP contribution in [0.25, 0.3) is 0 Å². The van der Waals surface area contributed by atoms with Crippen LogP contribution in [0.2, 0.25) is 0 Å². The number of nitrogens with one attached hydrogen (secondary N) is 2. The number of anilines is 1. The second kappa shape index (κ2) is 8.01. The molecular formula is C17H19N5O2S2. The molecule has 0 aliphatic heterocycles. The summed E-state index contributed by atoms with van der Waals surface area (Å²) >= 11 is 2.67. The Hall–Kier alpha value is -2.18. The van der Waals surface area contributed by atoms with Gasteiger partial charge in [0.15, 0.2) is 5.16 Å². The number of aromatic nitrogens is 3. The minimum atomic E-state index is -0.437. The van der Waals surface area contributed by atoms with E-state index in [4.69, 9.17) is 0 Å². The van der Waals surface area contributed by atoms with Crippen molar-refractivity contribution >= 4 is 34.0 Å². The molecule has 1 amide bonds. The summed E-state index contributed by atoms with van der Waals surface area (Å²) in [6, 6.07) is 2.25. The third-order valence-electron chi connectivity index (χ3n) is 4.28. The molecule has 0 saturated carbocycles. The van der Waals surface area contributed by atoms with Gasteiger partial charge >= 0.3 is 0 Å². The fourth-order valence-corrected chi connectivity index (χ4v) is 4.94. The van der Waals surface area contributed by atoms with Crippen LogP contribution in [0.15, 0.2) is 9.95 Å². The van der Waals surface area contributed by atoms with Crippen molar-refractivity contribution in [1.29, 1.82) is 5.26 Å². The number of aryl methyl sites for hydroxylation is 2. The average Bonchev–Trinajstić information content (AvgIpc) is 2.99. The first kappa shape index (κ1) is 18.6. The van der Waals surface area contributed by atoms with Crippen LogP contribution < -0.4 is 10.9 Å². The summed E-state index contributed by atoms with van der Waals surface area (Å²) in [6.45, 7) is 3.47. The van der Waals surface area contributed by atoms with E-state index < -0.39 is 5.25 Å². The van der Waals surface area contributed by atoms with Gasteiger partial charge < -0.3 is 5.32 Å². The number of rotatable bonds is 5. The Labute approximate surface area is 159 Å². The summed E-state index contributed by atoms with van der Waals surface area (Å²) in [6.07, 6.45) is 4.63. The Morgan fingerprint density at radius 2 is 2.19 bits per heavy atom. The molecule has 2 N–H and O–H groups in total. The van der Waals surface area contributed by atoms with Gasteiger partial charge in [0.2, 0.25) is 5.91 Å². The lowest BCUT2D eigenvalue weighted by atomic mass is 9.96. The van der Waals surface area contributed by atoms with Crippen molar-refractivity contribution in [3.05, 3.63) is 32.1 Å². The zero-order valence-electron chi connectivity index (χ0n) is 14.6. The van der Waals surface area contributed by atoms with E-state index in [2.05, 4.69) is 26.6 Å². The standard InChI is InChI=1S/C17H19N5O2S2/c1-3-12(26-17-20-14(23)9(2)21-22-17)15(24)19-16-11(8-18)10-6-4-5-7-13(10)25-16/h12H,3-7H2,1-2H3,(H,19,24)(H,20,22,23). The predicted octanol–water partition coefficient (Wildman–Crippen LogP) is 2.79. The van der Waals surface area contributed by atoms with Gasteiger partial charge in [0.25, 0.3) is 5.56 Å². The van der Waals surface area contributed by atoms with Crippen molar-refractivity contribution < 1.29 is 4.79 Å². The Morgan fingerprint density at radius 1 is 1.42 bits per heavy atom. The summed E-state index contributed by atoms with van der Waals surface area (Å²) in [7, 11) is 0. The summed E-state index contributed by atoms with van der Waals surface area (Å²) < 4.78 is 0. The lowest BCUT2D eigenvalue weighted by Crippen LogP contribution is -2.25. The molecule has 1 unspecified atom stereocenters. The highest BCUT2D eigenvalue weighted by atomic mass is 32.2. The van der Waals surface area contributed by atoms with Crippen LogP contribution in [0.1, 0.15) is 47.9 Å². The number of thiophene rings is 1. The minimum absolute atomic E-state index is 0.198. The molecule has 0 bridgehead atoms. The first-order valence-electron chi connectivity index (χ1n) is 8.49. The molecule has 0 fully saturated rings. The largest absolute Gasteiger partial charge is 0.316 e. The molecule has 1 atom stereocenters. The third-order valence-corrected chi connectivity index (χ3v) is 6.72. The number of carbonyl (C=O) groups excluding carboxylic acids is 1. The van der Waals surface area contributed by atoms with Gasteiger partial charge in [-0.3, -0.25) is 14.6 Å². The highest BCUT2D eigenvalue weighted by Crippen LogP contribution is 2.38. The monoisotopic (exact) mass is 389 g/mol. The van der Waals surface area contributed by atoms with E-state index in [9.17, 15) is 14.9 Å². The van der Waals surface area contributed by atoms with Crippen LogP contribution in [-0.2, 0) is 17.6 Å². The maximum Gasteiger partial charge on any atom is 0.273 e. The Balaban J connectivity index is 1.77. The minimum Gasteiger partial charge on any atom is -0.316 e. The quantitative estimate of drug-likeness (QED) is 0.761. The fourth-order valence-electron chi connectivity index (χ4n) is 2.85. The van der Waals surface area contributed by atoms with Gasteiger partial charge in [-0.25, -0.2) is 0 Å². The zero-order chi connectivity index (χ0) is 18.7. The molecule has 0 aromatic carbocycles. The van der Waals surface area contributed by atoms with Crippen LogP contribution in [0, 0.1) is 18.3 Å². The topological polar surface area (TPSA) is 112 Å². The van der Waals surface area contributed by atoms with Gasteiger partial charge in [-0.05, 0) is 44.6 Å². The van der Waals surface area contributed by atoms with Gasteiger partial charge in [0, 0.05) is 4.88 Å². The van der Waals surface area contributed by atoms with Crippen molar-refractivity contribution in [2.75, 3.05) is 5.32 Å². The predicted molar refractivity (Wildman–Crippen MR) is 102 cm³/mol. The van der Waals surface area contributed by atoms with E-state index in [1.165, 1.54) is 28.0 Å². The van der Waals surface area contributed by atoms with Gasteiger partial charge in [-0.2, -0.15) is 5.26 Å². The number of hydrogen-bond acceptors (Lipinski definition) is 7. The Morgan fingerprint density at radius 3 is 2.88 bits per heavy atom. The number of nitrogens with zero attached hydrogens (tertiary/aromatic N) is 3. The van der Waals surface area contributed by atoms with Gasteiger partial charge in [0.1, 0.15) is 16.8 Å². The Kier molecular flexibility index (Phi) is 5.74. The van der Waals surface area contributed by atoms with E-state index in [0.717, 1.165) is 31.2 Å². The molecule has 0 saturated heterocycles. The third kappa shape index (κ3) is 3.81. The number of amides is 1. The maximum atomic E-state index is 12.7. The van der Waals surface area contributed by atoms with Crippen molar-refractivity contribution in [3.63, 3.8) is 0 Å². The van der Waals surface area contributed by atoms with Crippen molar-refractivity contribution in [1.82, 2.24) is 15.2 Å². The summed E-state index contributed by atoms with van der Waals surface area (Å²) in [5.74, 6) is -0.198. The van der Waals surface area contributed by atoms with E-state index in [1.807, 2.05) is 6.92 Å². The number of nitriles is 1. The normalized spacial score (nSPS) is 14.3. The molecule has 0 spiro atoms. The number of aromatic amines is 1. The second-order valence-corrected chi connectivity index (χ2v) is 8.37. The van der Waals surface area contributed by atoms with Gasteiger partial charge in [-0.15, -0.1) is 21.5 Å². The molecule has 136 valence electrons. The zero-order valence-corrected chi connectivity index (χ0v) is 16.2. The summed E-state index contributed by atoms with van der Waals surface area (Å²) in [5.41, 5.74) is 1.67. The smallest absolute Gasteiger partial charge is 0.273 e. The first-order chi connectivity index (χ1) is 12.5. The van der Waals surface area contributed by atoms with Crippen molar-refractivity contribution in [2.45, 2.75) is 56.4 Å². The van der Waals surface area contributed by atoms with Crippen molar-refractivity contribution in [3.8, 4) is 6.07 Å².